The van der Waals surface area contributed by atoms with E-state index in [4.69, 9.17) is 10.3 Å². The Kier molecular flexibility index (Phi) is 2.62. The Morgan fingerprint density at radius 1 is 1.22 bits per heavy atom. The van der Waals surface area contributed by atoms with Gasteiger partial charge >= 0.3 is 0 Å². The molecule has 0 amide bonds. The van der Waals surface area contributed by atoms with Gasteiger partial charge in [-0.05, 0) is 42.4 Å². The van der Waals surface area contributed by atoms with Crippen molar-refractivity contribution in [1.82, 2.24) is 5.16 Å². The van der Waals surface area contributed by atoms with Crippen LogP contribution in [0.3, 0.4) is 0 Å². The van der Waals surface area contributed by atoms with Gasteiger partial charge in [0.25, 0.3) is 0 Å². The summed E-state index contributed by atoms with van der Waals surface area (Å²) in [6.07, 6.45) is 3.64. The Hall–Kier alpha value is -1.77. The molecule has 1 aromatic carbocycles. The molecule has 18 heavy (non-hydrogen) atoms. The summed E-state index contributed by atoms with van der Waals surface area (Å²) in [6, 6.07) is 6.59. The highest BCUT2D eigenvalue weighted by molar-refractivity contribution is 5.69. The molecule has 0 atom stereocenters. The van der Waals surface area contributed by atoms with Gasteiger partial charge in [-0.2, -0.15) is 0 Å². The number of hydrogen-bond acceptors (Lipinski definition) is 3. The van der Waals surface area contributed by atoms with Crippen LogP contribution in [0.1, 0.15) is 42.9 Å². The normalized spacial score (nSPS) is 14.2. The summed E-state index contributed by atoms with van der Waals surface area (Å²) >= 11 is 0. The van der Waals surface area contributed by atoms with E-state index in [1.54, 1.807) is 0 Å². The third kappa shape index (κ3) is 1.70. The molecule has 0 unspecified atom stereocenters. The van der Waals surface area contributed by atoms with Crippen LogP contribution in [0, 0.1) is 0 Å². The fourth-order valence-electron chi connectivity index (χ4n) is 2.80. The Morgan fingerprint density at radius 3 is 2.78 bits per heavy atom. The summed E-state index contributed by atoms with van der Waals surface area (Å²) in [5, 5.41) is 4.13. The second-order valence-corrected chi connectivity index (χ2v) is 5.30. The van der Waals surface area contributed by atoms with E-state index in [-0.39, 0.29) is 0 Å². The van der Waals surface area contributed by atoms with Gasteiger partial charge in [-0.15, -0.1) is 0 Å². The maximum Gasteiger partial charge on any atom is 0.226 e. The molecule has 3 nitrogen and oxygen atoms in total. The van der Waals surface area contributed by atoms with E-state index in [1.165, 1.54) is 30.4 Å². The number of benzene rings is 1. The van der Waals surface area contributed by atoms with Gasteiger partial charge in [-0.25, -0.2) is 0 Å². The van der Waals surface area contributed by atoms with Crippen LogP contribution < -0.4 is 5.73 Å². The lowest BCUT2D eigenvalue weighted by Crippen LogP contribution is -1.95. The highest BCUT2D eigenvalue weighted by atomic mass is 16.5. The minimum Gasteiger partial charge on any atom is -0.367 e. The largest absolute Gasteiger partial charge is 0.367 e. The lowest BCUT2D eigenvalue weighted by atomic mass is 9.97. The third-order valence-electron chi connectivity index (χ3n) is 3.71. The average Bonchev–Trinajstić information content (AvgIpc) is 2.93. The van der Waals surface area contributed by atoms with Crippen LogP contribution in [-0.4, -0.2) is 5.16 Å². The molecule has 3 rings (SSSR count). The van der Waals surface area contributed by atoms with Crippen molar-refractivity contribution < 1.29 is 4.52 Å². The van der Waals surface area contributed by atoms with Crippen LogP contribution in [0.4, 0.5) is 5.88 Å². The van der Waals surface area contributed by atoms with Gasteiger partial charge in [0, 0.05) is 11.1 Å². The summed E-state index contributed by atoms with van der Waals surface area (Å²) in [6.45, 7) is 4.22. The van der Waals surface area contributed by atoms with E-state index in [1.807, 2.05) is 0 Å². The number of nitrogens with two attached hydrogens (primary N) is 1. The SMILES string of the molecule is CC(C)c1c(-c2ccc3c(c2)CCC3)noc1N. The molecular formula is C15H18N2O. The summed E-state index contributed by atoms with van der Waals surface area (Å²) in [5.74, 6) is 0.764. The van der Waals surface area contributed by atoms with E-state index in [0.29, 0.717) is 11.8 Å². The average molecular weight is 242 g/mol. The Bertz CT molecular complexity index is 584. The van der Waals surface area contributed by atoms with Gasteiger partial charge in [0.1, 0.15) is 5.69 Å². The van der Waals surface area contributed by atoms with Gasteiger partial charge in [0.05, 0.1) is 0 Å². The van der Waals surface area contributed by atoms with Gasteiger partial charge < -0.3 is 10.3 Å². The molecule has 0 spiro atoms. The molecule has 0 saturated heterocycles. The second kappa shape index (κ2) is 4.16. The van der Waals surface area contributed by atoms with Crippen molar-refractivity contribution in [2.24, 2.45) is 0 Å². The summed E-state index contributed by atoms with van der Waals surface area (Å²) < 4.78 is 5.16. The zero-order valence-corrected chi connectivity index (χ0v) is 10.9. The Labute approximate surface area is 107 Å². The number of nitrogens with zero attached hydrogens (tertiary/aromatic N) is 1. The van der Waals surface area contributed by atoms with Crippen molar-refractivity contribution in [2.75, 3.05) is 5.73 Å². The van der Waals surface area contributed by atoms with Crippen LogP contribution in [-0.2, 0) is 12.8 Å². The number of rotatable bonds is 2. The lowest BCUT2D eigenvalue weighted by molar-refractivity contribution is 0.438. The van der Waals surface area contributed by atoms with Crippen molar-refractivity contribution in [3.05, 3.63) is 34.9 Å². The maximum atomic E-state index is 5.86. The van der Waals surface area contributed by atoms with Crippen LogP contribution in [0.5, 0.6) is 0 Å². The predicted octanol–water partition coefficient (Wildman–Crippen LogP) is 3.54. The predicted molar refractivity (Wildman–Crippen MR) is 72.5 cm³/mol. The quantitative estimate of drug-likeness (QED) is 0.876. The first-order chi connectivity index (χ1) is 8.66. The zero-order valence-electron chi connectivity index (χ0n) is 10.9. The van der Waals surface area contributed by atoms with Crippen molar-refractivity contribution in [2.45, 2.75) is 39.0 Å². The molecule has 2 aromatic rings. The molecule has 3 heteroatoms. The monoisotopic (exact) mass is 242 g/mol. The minimum absolute atomic E-state index is 0.319. The number of aryl methyl sites for hydroxylation is 2. The molecule has 1 aromatic heterocycles. The third-order valence-corrected chi connectivity index (χ3v) is 3.71. The molecule has 1 heterocycles. The number of hydrogen-bond donors (Lipinski definition) is 1. The summed E-state index contributed by atoms with van der Waals surface area (Å²) in [5.41, 5.74) is 11.8. The molecule has 0 bridgehead atoms. The molecular weight excluding hydrogens is 224 g/mol. The Morgan fingerprint density at radius 2 is 2.00 bits per heavy atom. The van der Waals surface area contributed by atoms with Gasteiger partial charge in [-0.1, -0.05) is 31.1 Å². The standard InChI is InChI=1S/C15H18N2O/c1-9(2)13-14(17-18-15(13)16)12-7-6-10-4-3-5-11(10)8-12/h6-9H,3-5,16H2,1-2H3. The summed E-state index contributed by atoms with van der Waals surface area (Å²) in [7, 11) is 0. The van der Waals surface area contributed by atoms with Crippen molar-refractivity contribution in [1.29, 1.82) is 0 Å². The lowest BCUT2D eigenvalue weighted by Gasteiger charge is -2.07. The van der Waals surface area contributed by atoms with E-state index < -0.39 is 0 Å². The zero-order chi connectivity index (χ0) is 12.7. The van der Waals surface area contributed by atoms with Gasteiger partial charge in [-0.3, -0.25) is 0 Å². The van der Waals surface area contributed by atoms with Crippen LogP contribution in [0.15, 0.2) is 22.7 Å². The van der Waals surface area contributed by atoms with Crippen LogP contribution in [0.2, 0.25) is 0 Å². The van der Waals surface area contributed by atoms with Gasteiger partial charge in [0.15, 0.2) is 0 Å². The van der Waals surface area contributed by atoms with Crippen molar-refractivity contribution >= 4 is 5.88 Å². The van der Waals surface area contributed by atoms with Crippen molar-refractivity contribution in [3.8, 4) is 11.3 Å². The first-order valence-corrected chi connectivity index (χ1v) is 6.54. The van der Waals surface area contributed by atoms with E-state index in [0.717, 1.165) is 16.8 Å². The van der Waals surface area contributed by atoms with E-state index >= 15 is 0 Å². The molecule has 0 radical (unpaired) electrons. The molecule has 94 valence electrons. The van der Waals surface area contributed by atoms with E-state index in [9.17, 15) is 0 Å². The fraction of sp³-hybridized carbons (Fsp3) is 0.400. The summed E-state index contributed by atoms with van der Waals surface area (Å²) in [4.78, 5) is 0. The second-order valence-electron chi connectivity index (χ2n) is 5.30. The number of nitrogen functional groups attached to an aromatic ring is 1. The van der Waals surface area contributed by atoms with Crippen molar-refractivity contribution in [3.63, 3.8) is 0 Å². The van der Waals surface area contributed by atoms with Crippen LogP contribution >= 0.6 is 0 Å². The Balaban J connectivity index is 2.10. The van der Waals surface area contributed by atoms with Gasteiger partial charge in [0.2, 0.25) is 5.88 Å². The highest BCUT2D eigenvalue weighted by Crippen LogP contribution is 2.35. The smallest absolute Gasteiger partial charge is 0.226 e. The molecule has 0 fully saturated rings. The molecule has 1 aliphatic carbocycles. The van der Waals surface area contributed by atoms with E-state index in [2.05, 4.69) is 37.2 Å². The highest BCUT2D eigenvalue weighted by Gasteiger charge is 2.20. The topological polar surface area (TPSA) is 52.0 Å². The minimum atomic E-state index is 0.319. The first-order valence-electron chi connectivity index (χ1n) is 6.54. The molecule has 0 aliphatic heterocycles. The molecule has 0 saturated carbocycles. The number of anilines is 1. The number of aromatic nitrogens is 1. The fourth-order valence-corrected chi connectivity index (χ4v) is 2.80. The molecule has 2 N–H and O–H groups in total. The maximum absolute atomic E-state index is 5.86. The first kappa shape index (κ1) is 11.3. The van der Waals surface area contributed by atoms with Crippen LogP contribution in [0.25, 0.3) is 11.3 Å². The molecule has 1 aliphatic rings. The number of fused-ring (bicyclic) bond motifs is 1.